The Bertz CT molecular complexity index is 423. The summed E-state index contributed by atoms with van der Waals surface area (Å²) in [7, 11) is 0. The second-order valence-corrected chi connectivity index (χ2v) is 4.42. The zero-order valence-electron chi connectivity index (χ0n) is 10.1. The molecule has 0 unspecified atom stereocenters. The van der Waals surface area contributed by atoms with E-state index in [4.69, 9.17) is 5.73 Å². The molecule has 0 saturated heterocycles. The summed E-state index contributed by atoms with van der Waals surface area (Å²) in [6.45, 7) is 3.17. The van der Waals surface area contributed by atoms with Crippen molar-refractivity contribution in [3.8, 4) is 0 Å². The van der Waals surface area contributed by atoms with Crippen LogP contribution in [0.2, 0.25) is 0 Å². The van der Waals surface area contributed by atoms with Gasteiger partial charge in [0.05, 0.1) is 6.04 Å². The maximum absolute atomic E-state index is 11.7. The highest BCUT2D eigenvalue weighted by Crippen LogP contribution is 2.22. The molecule has 0 saturated carbocycles. The summed E-state index contributed by atoms with van der Waals surface area (Å²) in [5, 5.41) is 0. The van der Waals surface area contributed by atoms with Crippen molar-refractivity contribution in [1.29, 1.82) is 0 Å². The first-order valence-electron chi connectivity index (χ1n) is 5.97. The Labute approximate surface area is 102 Å². The Kier molecular flexibility index (Phi) is 3.59. The van der Waals surface area contributed by atoms with Crippen molar-refractivity contribution in [1.82, 2.24) is 4.90 Å². The van der Waals surface area contributed by atoms with Crippen LogP contribution in [-0.4, -0.2) is 29.9 Å². The number of hydrogen-bond donors (Lipinski definition) is 1. The molecule has 1 aromatic carbocycles. The molecular weight excluding hydrogens is 212 g/mol. The van der Waals surface area contributed by atoms with E-state index in [0.717, 1.165) is 13.0 Å². The summed E-state index contributed by atoms with van der Waals surface area (Å²) in [4.78, 5) is 13.5. The summed E-state index contributed by atoms with van der Waals surface area (Å²) in [5.41, 5.74) is 8.17. The molecule has 1 aliphatic rings. The topological polar surface area (TPSA) is 46.3 Å². The van der Waals surface area contributed by atoms with Gasteiger partial charge in [-0.25, -0.2) is 0 Å². The van der Waals surface area contributed by atoms with Gasteiger partial charge in [0, 0.05) is 13.1 Å². The van der Waals surface area contributed by atoms with Crippen LogP contribution in [0.3, 0.4) is 0 Å². The van der Waals surface area contributed by atoms with E-state index < -0.39 is 6.04 Å². The Hall–Kier alpha value is -1.61. The molecule has 1 aliphatic heterocycles. The average Bonchev–Trinajstić information content (AvgIpc) is 2.39. The molecule has 0 bridgehead atoms. The van der Waals surface area contributed by atoms with E-state index in [1.54, 1.807) is 6.92 Å². The van der Waals surface area contributed by atoms with Gasteiger partial charge in [0.2, 0.25) is 5.91 Å². The van der Waals surface area contributed by atoms with Crippen LogP contribution in [0.5, 0.6) is 0 Å². The number of nitrogens with two attached hydrogens (primary N) is 1. The van der Waals surface area contributed by atoms with Crippen LogP contribution in [0, 0.1) is 0 Å². The van der Waals surface area contributed by atoms with E-state index >= 15 is 0 Å². The third kappa shape index (κ3) is 2.74. The van der Waals surface area contributed by atoms with Crippen molar-refractivity contribution in [2.24, 2.45) is 5.73 Å². The zero-order valence-corrected chi connectivity index (χ0v) is 10.1. The number of nitrogens with zero attached hydrogens (tertiary/aromatic N) is 1. The second-order valence-electron chi connectivity index (χ2n) is 4.42. The molecule has 17 heavy (non-hydrogen) atoms. The minimum atomic E-state index is -0.401. The van der Waals surface area contributed by atoms with E-state index in [-0.39, 0.29) is 5.91 Å². The molecule has 2 N–H and O–H groups in total. The van der Waals surface area contributed by atoms with Gasteiger partial charge in [-0.2, -0.15) is 0 Å². The van der Waals surface area contributed by atoms with E-state index in [9.17, 15) is 4.79 Å². The van der Waals surface area contributed by atoms with Gasteiger partial charge in [0.1, 0.15) is 0 Å². The SMILES string of the molecule is C[C@@H](N)C(=O)N1CC=C(c2ccccc2)CC1. The van der Waals surface area contributed by atoms with Crippen LogP contribution in [0.15, 0.2) is 36.4 Å². The van der Waals surface area contributed by atoms with E-state index in [2.05, 4.69) is 18.2 Å². The molecule has 1 aromatic rings. The molecule has 3 heteroatoms. The summed E-state index contributed by atoms with van der Waals surface area (Å²) >= 11 is 0. The first-order chi connectivity index (χ1) is 8.18. The van der Waals surface area contributed by atoms with Crippen molar-refractivity contribution in [3.05, 3.63) is 42.0 Å². The first-order valence-corrected chi connectivity index (χ1v) is 5.97. The number of rotatable bonds is 2. The number of carbonyl (C=O) groups excluding carboxylic acids is 1. The molecule has 0 aromatic heterocycles. The predicted octanol–water partition coefficient (Wildman–Crippen LogP) is 1.65. The molecule has 0 radical (unpaired) electrons. The number of hydrogen-bond acceptors (Lipinski definition) is 2. The molecule has 1 heterocycles. The molecular formula is C14H18N2O. The van der Waals surface area contributed by atoms with Gasteiger partial charge in [-0.05, 0) is 24.5 Å². The molecule has 0 spiro atoms. The van der Waals surface area contributed by atoms with Crippen LogP contribution in [-0.2, 0) is 4.79 Å². The third-order valence-corrected chi connectivity index (χ3v) is 3.05. The molecule has 90 valence electrons. The standard InChI is InChI=1S/C14H18N2O/c1-11(15)14(17)16-9-7-13(8-10-16)12-5-3-2-4-6-12/h2-7,11H,8-10,15H2,1H3/t11-/m1/s1. The maximum Gasteiger partial charge on any atom is 0.239 e. The lowest BCUT2D eigenvalue weighted by atomic mass is 9.99. The van der Waals surface area contributed by atoms with Gasteiger partial charge in [0.15, 0.2) is 0 Å². The van der Waals surface area contributed by atoms with Crippen molar-refractivity contribution in [2.45, 2.75) is 19.4 Å². The normalized spacial score (nSPS) is 17.5. The largest absolute Gasteiger partial charge is 0.337 e. The van der Waals surface area contributed by atoms with E-state index in [1.165, 1.54) is 11.1 Å². The average molecular weight is 230 g/mol. The lowest BCUT2D eigenvalue weighted by Crippen LogP contribution is -2.43. The highest BCUT2D eigenvalue weighted by atomic mass is 16.2. The van der Waals surface area contributed by atoms with Gasteiger partial charge in [-0.1, -0.05) is 36.4 Å². The lowest BCUT2D eigenvalue weighted by Gasteiger charge is -2.28. The van der Waals surface area contributed by atoms with Crippen LogP contribution in [0.25, 0.3) is 5.57 Å². The smallest absolute Gasteiger partial charge is 0.239 e. The van der Waals surface area contributed by atoms with Crippen LogP contribution in [0.4, 0.5) is 0 Å². The summed E-state index contributed by atoms with van der Waals surface area (Å²) in [6.07, 6.45) is 3.03. The highest BCUT2D eigenvalue weighted by molar-refractivity contribution is 5.82. The zero-order chi connectivity index (χ0) is 12.3. The lowest BCUT2D eigenvalue weighted by molar-refractivity contribution is -0.131. The van der Waals surface area contributed by atoms with Crippen molar-refractivity contribution in [3.63, 3.8) is 0 Å². The fourth-order valence-corrected chi connectivity index (χ4v) is 2.07. The first kappa shape index (κ1) is 11.9. The fraction of sp³-hybridized carbons (Fsp3) is 0.357. The van der Waals surface area contributed by atoms with Gasteiger partial charge >= 0.3 is 0 Å². The Balaban J connectivity index is 2.06. The maximum atomic E-state index is 11.7. The molecule has 2 rings (SSSR count). The van der Waals surface area contributed by atoms with Gasteiger partial charge in [0.25, 0.3) is 0 Å². The van der Waals surface area contributed by atoms with Crippen LogP contribution >= 0.6 is 0 Å². The van der Waals surface area contributed by atoms with Gasteiger partial charge < -0.3 is 10.6 Å². The molecule has 3 nitrogen and oxygen atoms in total. The number of carbonyl (C=O) groups is 1. The summed E-state index contributed by atoms with van der Waals surface area (Å²) in [5.74, 6) is 0.0355. The van der Waals surface area contributed by atoms with E-state index in [1.807, 2.05) is 23.1 Å². The van der Waals surface area contributed by atoms with Crippen molar-refractivity contribution >= 4 is 11.5 Å². The van der Waals surface area contributed by atoms with Crippen LogP contribution in [0.1, 0.15) is 18.9 Å². The minimum Gasteiger partial charge on any atom is -0.337 e. The third-order valence-electron chi connectivity index (χ3n) is 3.05. The van der Waals surface area contributed by atoms with Crippen molar-refractivity contribution < 1.29 is 4.79 Å². The summed E-state index contributed by atoms with van der Waals surface area (Å²) in [6, 6.07) is 9.90. The molecule has 0 fully saturated rings. The molecule has 0 aliphatic carbocycles. The number of amides is 1. The second kappa shape index (κ2) is 5.15. The van der Waals surface area contributed by atoms with E-state index in [0.29, 0.717) is 6.54 Å². The van der Waals surface area contributed by atoms with Crippen molar-refractivity contribution in [2.75, 3.05) is 13.1 Å². The Morgan fingerprint density at radius 1 is 1.35 bits per heavy atom. The monoisotopic (exact) mass is 230 g/mol. The Morgan fingerprint density at radius 2 is 2.06 bits per heavy atom. The van der Waals surface area contributed by atoms with Crippen LogP contribution < -0.4 is 5.73 Å². The molecule has 1 atom stereocenters. The Morgan fingerprint density at radius 3 is 2.59 bits per heavy atom. The van der Waals surface area contributed by atoms with Gasteiger partial charge in [-0.15, -0.1) is 0 Å². The number of benzene rings is 1. The van der Waals surface area contributed by atoms with Gasteiger partial charge in [-0.3, -0.25) is 4.79 Å². The highest BCUT2D eigenvalue weighted by Gasteiger charge is 2.19. The quantitative estimate of drug-likeness (QED) is 0.839. The fourth-order valence-electron chi connectivity index (χ4n) is 2.07. The summed E-state index contributed by atoms with van der Waals surface area (Å²) < 4.78 is 0. The minimum absolute atomic E-state index is 0.0355. The predicted molar refractivity (Wildman–Crippen MR) is 69.3 cm³/mol. The molecule has 1 amide bonds.